The molecule has 1 N–H and O–H groups in total. The number of amides is 1. The first-order valence-corrected chi connectivity index (χ1v) is 10.5. The number of carbonyl (C=O) groups is 1. The minimum absolute atomic E-state index is 0.265. The summed E-state index contributed by atoms with van der Waals surface area (Å²) in [5.74, 6) is -0.265. The van der Waals surface area contributed by atoms with Crippen molar-refractivity contribution in [2.75, 3.05) is 0 Å². The van der Waals surface area contributed by atoms with Crippen LogP contribution in [0.4, 0.5) is 0 Å². The first-order chi connectivity index (χ1) is 14.9. The van der Waals surface area contributed by atoms with E-state index in [-0.39, 0.29) is 5.91 Å². The number of nitrogens with zero attached hydrogens (tertiary/aromatic N) is 3. The van der Waals surface area contributed by atoms with E-state index in [9.17, 15) is 4.79 Å². The Hall–Kier alpha value is -3.15. The lowest BCUT2D eigenvalue weighted by molar-refractivity contribution is 0.0942. The molecule has 0 aliphatic rings. The van der Waals surface area contributed by atoms with Crippen LogP contribution in [0.3, 0.4) is 0 Å². The minimum atomic E-state index is -0.265. The van der Waals surface area contributed by atoms with Gasteiger partial charge in [-0.2, -0.15) is 5.10 Å². The quantitative estimate of drug-likeness (QED) is 0.418. The second kappa shape index (κ2) is 8.92. The Morgan fingerprint density at radius 2 is 1.81 bits per heavy atom. The van der Waals surface area contributed by atoms with Gasteiger partial charge >= 0.3 is 0 Å². The molecule has 0 unspecified atom stereocenters. The Morgan fingerprint density at radius 1 is 0.968 bits per heavy atom. The van der Waals surface area contributed by atoms with E-state index >= 15 is 0 Å². The van der Waals surface area contributed by atoms with Crippen LogP contribution in [0.15, 0.2) is 66.9 Å². The predicted molar refractivity (Wildman–Crippen MR) is 124 cm³/mol. The molecule has 0 saturated heterocycles. The third-order valence-corrected chi connectivity index (χ3v) is 5.79. The molecule has 1 amide bonds. The Labute approximate surface area is 190 Å². The van der Waals surface area contributed by atoms with E-state index in [1.165, 1.54) is 5.56 Å². The van der Waals surface area contributed by atoms with E-state index in [1.54, 1.807) is 35.1 Å². The summed E-state index contributed by atoms with van der Waals surface area (Å²) in [6.07, 6.45) is 1.69. The Morgan fingerprint density at radius 3 is 2.52 bits per heavy atom. The number of rotatable bonds is 5. The zero-order chi connectivity index (χ0) is 22.0. The van der Waals surface area contributed by atoms with Crippen molar-refractivity contribution < 1.29 is 4.79 Å². The van der Waals surface area contributed by atoms with Gasteiger partial charge in [-0.1, -0.05) is 41.4 Å². The molecule has 4 aromatic rings. The van der Waals surface area contributed by atoms with Gasteiger partial charge in [-0.05, 0) is 67.4 Å². The Balaban J connectivity index is 1.74. The van der Waals surface area contributed by atoms with Gasteiger partial charge in [0, 0.05) is 11.8 Å². The number of aryl methyl sites for hydroxylation is 2. The summed E-state index contributed by atoms with van der Waals surface area (Å²) in [4.78, 5) is 17.3. The zero-order valence-electron chi connectivity index (χ0n) is 17.1. The van der Waals surface area contributed by atoms with Gasteiger partial charge in [-0.15, -0.1) is 0 Å². The first kappa shape index (κ1) is 21.1. The average Bonchev–Trinajstić information content (AvgIpc) is 3.22. The predicted octanol–water partition coefficient (Wildman–Crippen LogP) is 5.79. The normalized spacial score (nSPS) is 10.8. The van der Waals surface area contributed by atoms with Crippen molar-refractivity contribution in [2.24, 2.45) is 0 Å². The third-order valence-electron chi connectivity index (χ3n) is 5.05. The van der Waals surface area contributed by atoms with E-state index in [0.717, 1.165) is 16.8 Å². The van der Waals surface area contributed by atoms with E-state index in [1.807, 2.05) is 30.3 Å². The minimum Gasteiger partial charge on any atom is -0.345 e. The van der Waals surface area contributed by atoms with Crippen LogP contribution in [0.25, 0.3) is 16.9 Å². The van der Waals surface area contributed by atoms with Gasteiger partial charge in [0.1, 0.15) is 5.69 Å². The van der Waals surface area contributed by atoms with Gasteiger partial charge in [0.05, 0.1) is 33.7 Å². The van der Waals surface area contributed by atoms with Crippen molar-refractivity contribution in [3.8, 4) is 16.9 Å². The molecule has 0 fully saturated rings. The highest BCUT2D eigenvalue weighted by Gasteiger charge is 2.18. The number of carbonyl (C=O) groups excluding carboxylic acids is 1. The molecular formula is C24H20Cl2N4O. The maximum atomic E-state index is 13.1. The number of nitrogens with one attached hydrogen (secondary N) is 1. The van der Waals surface area contributed by atoms with Gasteiger partial charge in [0.25, 0.3) is 5.91 Å². The molecule has 4 rings (SSSR count). The molecule has 7 heteroatoms. The van der Waals surface area contributed by atoms with Crippen molar-refractivity contribution in [1.82, 2.24) is 20.1 Å². The number of hydrogen-bond donors (Lipinski definition) is 1. The van der Waals surface area contributed by atoms with Gasteiger partial charge in [-0.3, -0.25) is 9.78 Å². The number of aromatic nitrogens is 3. The highest BCUT2D eigenvalue weighted by atomic mass is 35.5. The molecule has 2 aromatic carbocycles. The van der Waals surface area contributed by atoms with Crippen LogP contribution in [0, 0.1) is 13.8 Å². The second-order valence-electron chi connectivity index (χ2n) is 7.23. The molecule has 0 atom stereocenters. The third kappa shape index (κ3) is 4.63. The molecular weight excluding hydrogens is 431 g/mol. The molecule has 0 aliphatic heterocycles. The monoisotopic (exact) mass is 450 g/mol. The fraction of sp³-hybridized carbons (Fsp3) is 0.125. The van der Waals surface area contributed by atoms with Gasteiger partial charge in [0.2, 0.25) is 0 Å². The van der Waals surface area contributed by atoms with Crippen LogP contribution in [0.1, 0.15) is 27.3 Å². The molecule has 31 heavy (non-hydrogen) atoms. The maximum Gasteiger partial charge on any atom is 0.270 e. The lowest BCUT2D eigenvalue weighted by Gasteiger charge is -2.09. The highest BCUT2D eigenvalue weighted by Crippen LogP contribution is 2.28. The van der Waals surface area contributed by atoms with Crippen LogP contribution < -0.4 is 5.32 Å². The van der Waals surface area contributed by atoms with E-state index in [0.29, 0.717) is 33.7 Å². The van der Waals surface area contributed by atoms with E-state index < -0.39 is 0 Å². The van der Waals surface area contributed by atoms with Crippen LogP contribution in [-0.2, 0) is 6.54 Å². The van der Waals surface area contributed by atoms with Gasteiger partial charge in [-0.25, -0.2) is 4.68 Å². The summed E-state index contributed by atoms with van der Waals surface area (Å²) in [5.41, 5.74) is 5.78. The van der Waals surface area contributed by atoms with Crippen molar-refractivity contribution in [1.29, 1.82) is 0 Å². The Kier molecular flexibility index (Phi) is 6.07. The summed E-state index contributed by atoms with van der Waals surface area (Å²) >= 11 is 12.3. The Bertz CT molecular complexity index is 1250. The first-order valence-electron chi connectivity index (χ1n) is 9.73. The van der Waals surface area contributed by atoms with Crippen LogP contribution in [-0.4, -0.2) is 20.7 Å². The number of pyridine rings is 1. The molecule has 0 aliphatic carbocycles. The van der Waals surface area contributed by atoms with Crippen molar-refractivity contribution in [2.45, 2.75) is 20.4 Å². The summed E-state index contributed by atoms with van der Waals surface area (Å²) < 4.78 is 1.58. The lowest BCUT2D eigenvalue weighted by atomic mass is 10.0. The van der Waals surface area contributed by atoms with Crippen LogP contribution in [0.5, 0.6) is 0 Å². The average molecular weight is 451 g/mol. The highest BCUT2D eigenvalue weighted by molar-refractivity contribution is 6.42. The fourth-order valence-corrected chi connectivity index (χ4v) is 3.45. The smallest absolute Gasteiger partial charge is 0.270 e. The van der Waals surface area contributed by atoms with Crippen LogP contribution >= 0.6 is 23.2 Å². The molecule has 0 bridgehead atoms. The van der Waals surface area contributed by atoms with Gasteiger partial charge in [0.15, 0.2) is 0 Å². The van der Waals surface area contributed by atoms with Crippen molar-refractivity contribution in [3.05, 3.63) is 99.4 Å². The maximum absolute atomic E-state index is 13.1. The number of halogens is 2. The second-order valence-corrected chi connectivity index (χ2v) is 8.04. The fourth-order valence-electron chi connectivity index (χ4n) is 3.16. The molecule has 5 nitrogen and oxygen atoms in total. The summed E-state index contributed by atoms with van der Waals surface area (Å²) in [7, 11) is 0. The van der Waals surface area contributed by atoms with Crippen molar-refractivity contribution >= 4 is 29.1 Å². The van der Waals surface area contributed by atoms with Gasteiger partial charge < -0.3 is 5.32 Å². The molecule has 156 valence electrons. The molecule has 0 spiro atoms. The number of benzene rings is 2. The van der Waals surface area contributed by atoms with E-state index in [2.05, 4.69) is 30.2 Å². The summed E-state index contributed by atoms with van der Waals surface area (Å²) in [6, 6.07) is 18.6. The molecule has 2 aromatic heterocycles. The molecule has 0 radical (unpaired) electrons. The standard InChI is InChI=1S/C24H20Cl2N4O/c1-15-6-7-17(11-16(15)2)22-13-23(24(31)28-14-18-5-3-4-10-27-18)30(29-22)19-8-9-20(25)21(26)12-19/h3-13H,14H2,1-2H3,(H,28,31). The lowest BCUT2D eigenvalue weighted by Crippen LogP contribution is -2.25. The molecule has 2 heterocycles. The summed E-state index contributed by atoms with van der Waals surface area (Å²) in [5, 5.41) is 8.45. The SMILES string of the molecule is Cc1ccc(-c2cc(C(=O)NCc3ccccn3)n(-c3ccc(Cl)c(Cl)c3)n2)cc1C. The van der Waals surface area contributed by atoms with E-state index in [4.69, 9.17) is 28.3 Å². The summed E-state index contributed by atoms with van der Waals surface area (Å²) in [6.45, 7) is 4.42. The van der Waals surface area contributed by atoms with Crippen LogP contribution in [0.2, 0.25) is 10.0 Å². The largest absolute Gasteiger partial charge is 0.345 e. The van der Waals surface area contributed by atoms with Crippen molar-refractivity contribution in [3.63, 3.8) is 0 Å². The molecule has 0 saturated carbocycles. The number of hydrogen-bond acceptors (Lipinski definition) is 3. The zero-order valence-corrected chi connectivity index (χ0v) is 18.6. The topological polar surface area (TPSA) is 59.8 Å².